The molecule has 1 aliphatic rings. The van der Waals surface area contributed by atoms with E-state index in [0.29, 0.717) is 5.25 Å². The number of sulfonamides is 1. The van der Waals surface area contributed by atoms with Crippen molar-refractivity contribution in [2.24, 2.45) is 0 Å². The summed E-state index contributed by atoms with van der Waals surface area (Å²) in [5.74, 6) is -2.32. The van der Waals surface area contributed by atoms with Crippen LogP contribution in [-0.2, 0) is 15.8 Å². The van der Waals surface area contributed by atoms with Crippen molar-refractivity contribution in [3.05, 3.63) is 35.4 Å². The van der Waals surface area contributed by atoms with Crippen LogP contribution in [0.1, 0.15) is 24.8 Å². The first kappa shape index (κ1) is 15.7. The van der Waals surface area contributed by atoms with E-state index in [1.54, 1.807) is 11.8 Å². The molecule has 0 radical (unpaired) electrons. The van der Waals surface area contributed by atoms with E-state index in [-0.39, 0.29) is 6.04 Å². The summed E-state index contributed by atoms with van der Waals surface area (Å²) in [4.78, 5) is 0. The average molecular weight is 321 g/mol. The van der Waals surface area contributed by atoms with E-state index in [9.17, 15) is 17.2 Å². The van der Waals surface area contributed by atoms with Gasteiger partial charge in [-0.3, -0.25) is 0 Å². The van der Waals surface area contributed by atoms with E-state index in [4.69, 9.17) is 0 Å². The van der Waals surface area contributed by atoms with Crippen LogP contribution in [0.3, 0.4) is 0 Å². The Morgan fingerprint density at radius 2 is 1.95 bits per heavy atom. The van der Waals surface area contributed by atoms with Gasteiger partial charge in [-0.15, -0.1) is 0 Å². The van der Waals surface area contributed by atoms with Crippen LogP contribution >= 0.6 is 11.8 Å². The van der Waals surface area contributed by atoms with Crippen LogP contribution in [0.25, 0.3) is 0 Å². The molecule has 1 N–H and O–H groups in total. The summed E-state index contributed by atoms with van der Waals surface area (Å²) in [5.41, 5.74) is -0.403. The van der Waals surface area contributed by atoms with Crippen molar-refractivity contribution >= 4 is 21.8 Å². The molecule has 0 aromatic heterocycles. The molecule has 20 heavy (non-hydrogen) atoms. The van der Waals surface area contributed by atoms with E-state index >= 15 is 0 Å². The lowest BCUT2D eigenvalue weighted by Gasteiger charge is -2.14. The molecule has 0 aliphatic heterocycles. The maximum atomic E-state index is 13.5. The van der Waals surface area contributed by atoms with E-state index in [1.165, 1.54) is 6.07 Å². The molecule has 0 amide bonds. The van der Waals surface area contributed by atoms with E-state index in [2.05, 4.69) is 4.72 Å². The SMILES string of the molecule is CS[C@@H]1CC[C@H](NS(=O)(=O)Cc2c(F)cccc2F)C1. The summed E-state index contributed by atoms with van der Waals surface area (Å²) in [5, 5.41) is 0.452. The Morgan fingerprint density at radius 3 is 2.50 bits per heavy atom. The molecule has 0 unspecified atom stereocenters. The van der Waals surface area contributed by atoms with Crippen molar-refractivity contribution in [2.45, 2.75) is 36.3 Å². The normalized spacial score (nSPS) is 23.1. The highest BCUT2D eigenvalue weighted by molar-refractivity contribution is 7.99. The molecule has 1 aromatic rings. The fourth-order valence-corrected chi connectivity index (χ4v) is 4.67. The molecule has 1 aromatic carbocycles. The molecule has 0 bridgehead atoms. The van der Waals surface area contributed by atoms with Crippen LogP contribution in [0.5, 0.6) is 0 Å². The molecule has 7 heteroatoms. The minimum absolute atomic E-state index is 0.132. The Balaban J connectivity index is 2.05. The quantitative estimate of drug-likeness (QED) is 0.907. The fourth-order valence-electron chi connectivity index (χ4n) is 2.42. The summed E-state index contributed by atoms with van der Waals surface area (Å²) in [6.07, 6.45) is 4.49. The number of hydrogen-bond donors (Lipinski definition) is 1. The van der Waals surface area contributed by atoms with Crippen molar-refractivity contribution in [1.29, 1.82) is 0 Å². The first-order valence-corrected chi connectivity index (χ1v) is 9.31. The molecule has 3 nitrogen and oxygen atoms in total. The number of thioether (sulfide) groups is 1. The van der Waals surface area contributed by atoms with Crippen LogP contribution < -0.4 is 4.72 Å². The standard InChI is InChI=1S/C13H17F2NO2S2/c1-19-10-6-5-9(7-10)16-20(17,18)8-11-12(14)3-2-4-13(11)15/h2-4,9-10,16H,5-8H2,1H3/t9-,10+/m0/s1. The van der Waals surface area contributed by atoms with Crippen molar-refractivity contribution in [3.8, 4) is 0 Å². The average Bonchev–Trinajstić information content (AvgIpc) is 2.81. The number of halogens is 2. The zero-order valence-electron chi connectivity index (χ0n) is 11.1. The monoisotopic (exact) mass is 321 g/mol. The number of rotatable bonds is 5. The molecule has 112 valence electrons. The van der Waals surface area contributed by atoms with Crippen LogP contribution in [0, 0.1) is 11.6 Å². The first-order valence-electron chi connectivity index (χ1n) is 6.37. The van der Waals surface area contributed by atoms with Gasteiger partial charge < -0.3 is 0 Å². The lowest BCUT2D eigenvalue weighted by Crippen LogP contribution is -2.34. The first-order chi connectivity index (χ1) is 9.41. The van der Waals surface area contributed by atoms with E-state index < -0.39 is 33.0 Å². The van der Waals surface area contributed by atoms with Crippen molar-refractivity contribution in [2.75, 3.05) is 6.26 Å². The van der Waals surface area contributed by atoms with Gasteiger partial charge in [0.2, 0.25) is 10.0 Å². The maximum Gasteiger partial charge on any atom is 0.216 e. The van der Waals surface area contributed by atoms with Gasteiger partial charge in [-0.2, -0.15) is 11.8 Å². The summed E-state index contributed by atoms with van der Waals surface area (Å²) < 4.78 is 53.5. The molecular formula is C13H17F2NO2S2. The highest BCUT2D eigenvalue weighted by Crippen LogP contribution is 2.28. The zero-order valence-corrected chi connectivity index (χ0v) is 12.7. The van der Waals surface area contributed by atoms with Gasteiger partial charge >= 0.3 is 0 Å². The molecule has 2 atom stereocenters. The molecular weight excluding hydrogens is 304 g/mol. The Morgan fingerprint density at radius 1 is 1.30 bits per heavy atom. The summed E-state index contributed by atoms with van der Waals surface area (Å²) in [6.45, 7) is 0. The van der Waals surface area contributed by atoms with Crippen molar-refractivity contribution in [3.63, 3.8) is 0 Å². The summed E-state index contributed by atoms with van der Waals surface area (Å²) in [6, 6.07) is 3.21. The molecule has 1 fully saturated rings. The topological polar surface area (TPSA) is 46.2 Å². The molecule has 0 spiro atoms. The van der Waals surface area contributed by atoms with E-state index in [0.717, 1.165) is 31.4 Å². The third-order valence-corrected chi connectivity index (χ3v) is 5.92. The molecule has 0 heterocycles. The third kappa shape index (κ3) is 3.93. The molecule has 1 saturated carbocycles. The molecule has 1 aliphatic carbocycles. The summed E-state index contributed by atoms with van der Waals surface area (Å²) >= 11 is 1.72. The number of hydrogen-bond acceptors (Lipinski definition) is 3. The highest BCUT2D eigenvalue weighted by atomic mass is 32.2. The Hall–Kier alpha value is -0.660. The highest BCUT2D eigenvalue weighted by Gasteiger charge is 2.28. The van der Waals surface area contributed by atoms with Gasteiger partial charge in [0.1, 0.15) is 11.6 Å². The second kappa shape index (κ2) is 6.41. The fraction of sp³-hybridized carbons (Fsp3) is 0.538. The van der Waals surface area contributed by atoms with Gasteiger partial charge in [0.05, 0.1) is 5.75 Å². The van der Waals surface area contributed by atoms with Gasteiger partial charge in [0.15, 0.2) is 0 Å². The predicted molar refractivity (Wildman–Crippen MR) is 77.1 cm³/mol. The Bertz CT molecular complexity index is 557. The number of nitrogens with one attached hydrogen (secondary N) is 1. The van der Waals surface area contributed by atoms with Gasteiger partial charge in [0.25, 0.3) is 0 Å². The van der Waals surface area contributed by atoms with Gasteiger partial charge in [0, 0.05) is 16.9 Å². The second-order valence-corrected chi connectivity index (χ2v) is 7.84. The summed E-state index contributed by atoms with van der Waals surface area (Å²) in [7, 11) is -3.73. The second-order valence-electron chi connectivity index (χ2n) is 4.94. The Kier molecular flexibility index (Phi) is 5.04. The predicted octanol–water partition coefficient (Wildman–Crippen LogP) is 2.67. The van der Waals surface area contributed by atoms with Crippen LogP contribution in [-0.4, -0.2) is 26.0 Å². The number of benzene rings is 1. The van der Waals surface area contributed by atoms with E-state index in [1.807, 2.05) is 6.26 Å². The van der Waals surface area contributed by atoms with Gasteiger partial charge in [-0.05, 0) is 37.7 Å². The third-order valence-electron chi connectivity index (χ3n) is 3.46. The van der Waals surface area contributed by atoms with Crippen molar-refractivity contribution < 1.29 is 17.2 Å². The minimum Gasteiger partial charge on any atom is -0.212 e. The Labute approximate surface area is 122 Å². The van der Waals surface area contributed by atoms with Crippen LogP contribution in [0.4, 0.5) is 8.78 Å². The van der Waals surface area contributed by atoms with Crippen LogP contribution in [0.2, 0.25) is 0 Å². The van der Waals surface area contributed by atoms with Gasteiger partial charge in [-0.25, -0.2) is 21.9 Å². The lowest BCUT2D eigenvalue weighted by atomic mass is 10.2. The zero-order chi connectivity index (χ0) is 14.8. The molecule has 0 saturated heterocycles. The van der Waals surface area contributed by atoms with Crippen molar-refractivity contribution in [1.82, 2.24) is 4.72 Å². The minimum atomic E-state index is -3.73. The largest absolute Gasteiger partial charge is 0.216 e. The van der Waals surface area contributed by atoms with Gasteiger partial charge in [-0.1, -0.05) is 6.07 Å². The van der Waals surface area contributed by atoms with Crippen LogP contribution in [0.15, 0.2) is 18.2 Å². The maximum absolute atomic E-state index is 13.5. The smallest absolute Gasteiger partial charge is 0.212 e. The lowest BCUT2D eigenvalue weighted by molar-refractivity contribution is 0.537. The molecule has 2 rings (SSSR count).